The molecular weight excluding hydrogens is 164 g/mol. The van der Waals surface area contributed by atoms with E-state index in [4.69, 9.17) is 5.26 Å². The fourth-order valence-electron chi connectivity index (χ4n) is 0.983. The molecule has 0 bridgehead atoms. The van der Waals surface area contributed by atoms with Gasteiger partial charge in [-0.15, -0.1) is 0 Å². The maximum atomic E-state index is 8.60. The van der Waals surface area contributed by atoms with Crippen molar-refractivity contribution in [2.75, 3.05) is 0 Å². The number of aromatic nitrogens is 3. The molecule has 0 saturated heterocycles. The van der Waals surface area contributed by atoms with Crippen molar-refractivity contribution in [2.45, 2.75) is 33.2 Å². The SMILES string of the molecule is CC(C#N)Cn1cnc(C(C)C)n1. The van der Waals surface area contributed by atoms with E-state index in [1.807, 2.05) is 20.8 Å². The number of hydrogen-bond donors (Lipinski definition) is 0. The van der Waals surface area contributed by atoms with E-state index in [0.717, 1.165) is 5.82 Å². The Morgan fingerprint density at radius 3 is 2.69 bits per heavy atom. The molecule has 4 heteroatoms. The van der Waals surface area contributed by atoms with E-state index in [-0.39, 0.29) is 5.92 Å². The van der Waals surface area contributed by atoms with Crippen molar-refractivity contribution in [2.24, 2.45) is 5.92 Å². The summed E-state index contributed by atoms with van der Waals surface area (Å²) in [5.41, 5.74) is 0. The Bertz CT molecular complexity index is 308. The Morgan fingerprint density at radius 1 is 1.54 bits per heavy atom. The van der Waals surface area contributed by atoms with Crippen LogP contribution in [0.25, 0.3) is 0 Å². The molecule has 1 aromatic heterocycles. The zero-order valence-electron chi connectivity index (χ0n) is 8.23. The standard InChI is InChI=1S/C9H14N4/c1-7(2)9-11-6-13(12-9)5-8(3)4-10/h6-8H,5H2,1-3H3. The molecule has 0 saturated carbocycles. The van der Waals surface area contributed by atoms with Crippen molar-refractivity contribution in [3.8, 4) is 6.07 Å². The summed E-state index contributed by atoms with van der Waals surface area (Å²) in [6.45, 7) is 6.59. The Labute approximate surface area is 78.2 Å². The minimum atomic E-state index is -0.0123. The average Bonchev–Trinajstić information content (AvgIpc) is 2.52. The van der Waals surface area contributed by atoms with Gasteiger partial charge < -0.3 is 0 Å². The second-order valence-electron chi connectivity index (χ2n) is 3.51. The summed E-state index contributed by atoms with van der Waals surface area (Å²) < 4.78 is 1.73. The van der Waals surface area contributed by atoms with Gasteiger partial charge in [0.2, 0.25) is 0 Å². The molecule has 0 radical (unpaired) electrons. The summed E-state index contributed by atoms with van der Waals surface area (Å²) in [4.78, 5) is 4.15. The van der Waals surface area contributed by atoms with Crippen LogP contribution in [0.1, 0.15) is 32.5 Å². The molecule has 1 heterocycles. The van der Waals surface area contributed by atoms with Crippen LogP contribution in [0.3, 0.4) is 0 Å². The molecule has 0 amide bonds. The largest absolute Gasteiger partial charge is 0.251 e. The van der Waals surface area contributed by atoms with Gasteiger partial charge in [-0.3, -0.25) is 4.68 Å². The summed E-state index contributed by atoms with van der Waals surface area (Å²) in [5.74, 6) is 1.17. The predicted molar refractivity (Wildman–Crippen MR) is 48.9 cm³/mol. The lowest BCUT2D eigenvalue weighted by molar-refractivity contribution is 0.520. The monoisotopic (exact) mass is 178 g/mol. The lowest BCUT2D eigenvalue weighted by atomic mass is 10.2. The molecule has 0 aliphatic carbocycles. The molecular formula is C9H14N4. The highest BCUT2D eigenvalue weighted by Gasteiger charge is 2.07. The molecule has 13 heavy (non-hydrogen) atoms. The Hall–Kier alpha value is -1.37. The predicted octanol–water partition coefficient (Wildman–Crippen LogP) is 1.56. The third kappa shape index (κ3) is 2.55. The number of hydrogen-bond acceptors (Lipinski definition) is 3. The van der Waals surface area contributed by atoms with Crippen molar-refractivity contribution < 1.29 is 0 Å². The maximum absolute atomic E-state index is 8.60. The molecule has 0 fully saturated rings. The Morgan fingerprint density at radius 2 is 2.23 bits per heavy atom. The van der Waals surface area contributed by atoms with Crippen molar-refractivity contribution in [1.82, 2.24) is 14.8 Å². The minimum absolute atomic E-state index is 0.0123. The van der Waals surface area contributed by atoms with Crippen LogP contribution in [0.4, 0.5) is 0 Å². The van der Waals surface area contributed by atoms with Crippen molar-refractivity contribution in [3.05, 3.63) is 12.2 Å². The van der Waals surface area contributed by atoms with E-state index in [2.05, 4.69) is 16.2 Å². The van der Waals surface area contributed by atoms with Gasteiger partial charge in [-0.05, 0) is 6.92 Å². The van der Waals surface area contributed by atoms with E-state index in [1.165, 1.54) is 0 Å². The van der Waals surface area contributed by atoms with Crippen LogP contribution >= 0.6 is 0 Å². The zero-order valence-corrected chi connectivity index (χ0v) is 8.23. The van der Waals surface area contributed by atoms with Crippen LogP contribution in [0.2, 0.25) is 0 Å². The van der Waals surface area contributed by atoms with Crippen LogP contribution in [0.15, 0.2) is 6.33 Å². The molecule has 0 aliphatic heterocycles. The molecule has 0 aliphatic rings. The van der Waals surface area contributed by atoms with Gasteiger partial charge in [0.05, 0.1) is 18.5 Å². The van der Waals surface area contributed by atoms with Gasteiger partial charge in [-0.1, -0.05) is 13.8 Å². The van der Waals surface area contributed by atoms with Crippen LogP contribution in [-0.2, 0) is 6.54 Å². The van der Waals surface area contributed by atoms with E-state index in [9.17, 15) is 0 Å². The molecule has 4 nitrogen and oxygen atoms in total. The third-order valence-electron chi connectivity index (χ3n) is 1.75. The molecule has 0 spiro atoms. The highest BCUT2D eigenvalue weighted by atomic mass is 15.3. The lowest BCUT2D eigenvalue weighted by Crippen LogP contribution is -2.06. The quantitative estimate of drug-likeness (QED) is 0.705. The summed E-state index contributed by atoms with van der Waals surface area (Å²) in [6.07, 6.45) is 1.68. The molecule has 0 N–H and O–H groups in total. The second kappa shape index (κ2) is 4.04. The fourth-order valence-corrected chi connectivity index (χ4v) is 0.983. The summed E-state index contributed by atoms with van der Waals surface area (Å²) in [5, 5.41) is 12.9. The molecule has 70 valence electrons. The first-order chi connectivity index (χ1) is 6.13. The van der Waals surface area contributed by atoms with E-state index in [0.29, 0.717) is 12.5 Å². The number of nitriles is 1. The summed E-state index contributed by atoms with van der Waals surface area (Å²) >= 11 is 0. The Kier molecular flexibility index (Phi) is 3.02. The zero-order chi connectivity index (χ0) is 9.84. The van der Waals surface area contributed by atoms with Crippen LogP contribution in [0.5, 0.6) is 0 Å². The molecule has 1 atom stereocenters. The van der Waals surface area contributed by atoms with Gasteiger partial charge in [-0.2, -0.15) is 10.4 Å². The van der Waals surface area contributed by atoms with Gasteiger partial charge in [0, 0.05) is 5.92 Å². The van der Waals surface area contributed by atoms with Crippen molar-refractivity contribution in [1.29, 1.82) is 5.26 Å². The smallest absolute Gasteiger partial charge is 0.153 e. The second-order valence-corrected chi connectivity index (χ2v) is 3.51. The number of nitrogens with zero attached hydrogens (tertiary/aromatic N) is 4. The topological polar surface area (TPSA) is 54.5 Å². The van der Waals surface area contributed by atoms with Gasteiger partial charge >= 0.3 is 0 Å². The van der Waals surface area contributed by atoms with Crippen molar-refractivity contribution >= 4 is 0 Å². The fraction of sp³-hybridized carbons (Fsp3) is 0.667. The summed E-state index contributed by atoms with van der Waals surface area (Å²) in [7, 11) is 0. The van der Waals surface area contributed by atoms with Gasteiger partial charge in [0.1, 0.15) is 6.33 Å². The molecule has 0 aromatic carbocycles. The first-order valence-electron chi connectivity index (χ1n) is 4.42. The molecule has 1 unspecified atom stereocenters. The molecule has 1 aromatic rings. The Balaban J connectivity index is 2.65. The van der Waals surface area contributed by atoms with E-state index in [1.54, 1.807) is 11.0 Å². The van der Waals surface area contributed by atoms with Crippen LogP contribution in [0, 0.1) is 17.2 Å². The van der Waals surface area contributed by atoms with E-state index >= 15 is 0 Å². The third-order valence-corrected chi connectivity index (χ3v) is 1.75. The molecule has 1 rings (SSSR count). The number of rotatable bonds is 3. The summed E-state index contributed by atoms with van der Waals surface area (Å²) in [6, 6.07) is 2.16. The lowest BCUT2D eigenvalue weighted by Gasteiger charge is -2.01. The van der Waals surface area contributed by atoms with Gasteiger partial charge in [-0.25, -0.2) is 4.98 Å². The van der Waals surface area contributed by atoms with Crippen molar-refractivity contribution in [3.63, 3.8) is 0 Å². The maximum Gasteiger partial charge on any atom is 0.153 e. The highest BCUT2D eigenvalue weighted by Crippen LogP contribution is 2.07. The highest BCUT2D eigenvalue weighted by molar-refractivity contribution is 4.89. The van der Waals surface area contributed by atoms with Crippen LogP contribution in [-0.4, -0.2) is 14.8 Å². The van der Waals surface area contributed by atoms with Gasteiger partial charge in [0.15, 0.2) is 5.82 Å². The van der Waals surface area contributed by atoms with Crippen LogP contribution < -0.4 is 0 Å². The minimum Gasteiger partial charge on any atom is -0.251 e. The van der Waals surface area contributed by atoms with Gasteiger partial charge in [0.25, 0.3) is 0 Å². The first-order valence-corrected chi connectivity index (χ1v) is 4.42. The normalized spacial score (nSPS) is 12.8. The average molecular weight is 178 g/mol. The van der Waals surface area contributed by atoms with E-state index < -0.39 is 0 Å². The first kappa shape index (κ1) is 9.72.